The average molecular weight is 418 g/mol. The van der Waals surface area contributed by atoms with Crippen molar-refractivity contribution in [2.75, 3.05) is 31.9 Å². The summed E-state index contributed by atoms with van der Waals surface area (Å²) >= 11 is 14.5. The first-order valence-corrected chi connectivity index (χ1v) is 11.0. The van der Waals surface area contributed by atoms with E-state index >= 15 is 0 Å². The van der Waals surface area contributed by atoms with Crippen LogP contribution in [0.1, 0.15) is 24.0 Å². The first kappa shape index (κ1) is 19.0. The number of likely N-dealkylation sites (tertiary alicyclic amines) is 1. The largest absolute Gasteiger partial charge is 0.303 e. The molecule has 0 N–H and O–H groups in total. The van der Waals surface area contributed by atoms with Gasteiger partial charge in [-0.3, -0.25) is 4.99 Å². The van der Waals surface area contributed by atoms with Crippen LogP contribution >= 0.6 is 35.0 Å². The molecule has 2 aromatic carbocycles. The maximum atomic E-state index is 6.45. The number of fused-ring (bicyclic) bond motifs is 1. The predicted molar refractivity (Wildman–Crippen MR) is 119 cm³/mol. The van der Waals surface area contributed by atoms with E-state index in [4.69, 9.17) is 33.2 Å². The first-order valence-electron chi connectivity index (χ1n) is 9.23. The first-order chi connectivity index (χ1) is 13.2. The van der Waals surface area contributed by atoms with E-state index < -0.39 is 0 Å². The Labute approximate surface area is 174 Å². The van der Waals surface area contributed by atoms with Crippen molar-refractivity contribution in [1.82, 2.24) is 4.90 Å². The monoisotopic (exact) mass is 417 g/mol. The highest BCUT2D eigenvalue weighted by molar-refractivity contribution is 8.14. The van der Waals surface area contributed by atoms with Crippen LogP contribution in [0.3, 0.4) is 0 Å². The van der Waals surface area contributed by atoms with Crippen LogP contribution in [0.2, 0.25) is 10.0 Å². The Bertz CT molecular complexity index is 889. The third-order valence-corrected chi connectivity index (χ3v) is 6.34. The van der Waals surface area contributed by atoms with E-state index in [9.17, 15) is 0 Å². The highest BCUT2D eigenvalue weighted by Gasteiger charge is 2.19. The molecule has 2 heterocycles. The van der Waals surface area contributed by atoms with Gasteiger partial charge in [-0.25, -0.2) is 4.99 Å². The molecule has 0 spiro atoms. The second-order valence-corrected chi connectivity index (χ2v) is 8.72. The van der Waals surface area contributed by atoms with Crippen LogP contribution in [0, 0.1) is 0 Å². The lowest BCUT2D eigenvalue weighted by Crippen LogP contribution is -2.22. The molecule has 0 bridgehead atoms. The van der Waals surface area contributed by atoms with Crippen LogP contribution in [0.4, 0.5) is 5.69 Å². The minimum atomic E-state index is 0.567. The lowest BCUT2D eigenvalue weighted by Gasteiger charge is -2.13. The molecule has 0 atom stereocenters. The molecule has 1 fully saturated rings. The summed E-state index contributed by atoms with van der Waals surface area (Å²) in [5, 5.41) is 2.40. The quantitative estimate of drug-likeness (QED) is 0.637. The number of hydrogen-bond donors (Lipinski definition) is 0. The summed E-state index contributed by atoms with van der Waals surface area (Å²) in [6, 6.07) is 13.6. The molecule has 0 radical (unpaired) electrons. The molecule has 4 rings (SSSR count). The van der Waals surface area contributed by atoms with Gasteiger partial charge < -0.3 is 4.90 Å². The van der Waals surface area contributed by atoms with E-state index in [1.54, 1.807) is 11.8 Å². The Kier molecular flexibility index (Phi) is 6.18. The van der Waals surface area contributed by atoms with E-state index in [0.717, 1.165) is 39.9 Å². The summed E-state index contributed by atoms with van der Waals surface area (Å²) < 4.78 is 0. The van der Waals surface area contributed by atoms with Gasteiger partial charge in [0, 0.05) is 33.5 Å². The van der Waals surface area contributed by atoms with Gasteiger partial charge in [-0.05, 0) is 50.2 Å². The number of thioether (sulfide) groups is 1. The summed E-state index contributed by atoms with van der Waals surface area (Å²) in [6.07, 6.45) is 2.65. The molecule has 27 heavy (non-hydrogen) atoms. The summed E-state index contributed by atoms with van der Waals surface area (Å²) in [6.45, 7) is 4.13. The summed E-state index contributed by atoms with van der Waals surface area (Å²) in [5.74, 6) is 1.04. The summed E-state index contributed by atoms with van der Waals surface area (Å²) in [4.78, 5) is 12.3. The Balaban J connectivity index is 1.60. The molecule has 0 saturated carbocycles. The molecule has 0 amide bonds. The second kappa shape index (κ2) is 8.78. The van der Waals surface area contributed by atoms with Crippen molar-refractivity contribution < 1.29 is 0 Å². The zero-order valence-electron chi connectivity index (χ0n) is 15.0. The van der Waals surface area contributed by atoms with Gasteiger partial charge in [0.25, 0.3) is 0 Å². The zero-order valence-corrected chi connectivity index (χ0v) is 17.3. The molecule has 0 aliphatic carbocycles. The SMILES string of the molecule is Clc1ccc2c(c1)C(c1ccccc1Cl)=NCC(SCCN1CCCC1)=N2. The minimum Gasteiger partial charge on any atom is -0.303 e. The van der Waals surface area contributed by atoms with Crippen molar-refractivity contribution in [3.05, 3.63) is 63.6 Å². The van der Waals surface area contributed by atoms with Gasteiger partial charge in [-0.15, -0.1) is 11.8 Å². The van der Waals surface area contributed by atoms with Gasteiger partial charge >= 0.3 is 0 Å². The number of benzene rings is 2. The maximum Gasteiger partial charge on any atom is 0.0954 e. The molecular weight excluding hydrogens is 397 g/mol. The van der Waals surface area contributed by atoms with Gasteiger partial charge in [0.05, 0.1) is 23.0 Å². The highest BCUT2D eigenvalue weighted by Crippen LogP contribution is 2.31. The molecule has 2 aromatic rings. The number of rotatable bonds is 4. The van der Waals surface area contributed by atoms with Gasteiger partial charge in [0.1, 0.15) is 0 Å². The van der Waals surface area contributed by atoms with E-state index in [0.29, 0.717) is 16.6 Å². The number of aliphatic imine (C=N–C) groups is 2. The second-order valence-electron chi connectivity index (χ2n) is 6.71. The summed E-state index contributed by atoms with van der Waals surface area (Å²) in [5.41, 5.74) is 3.61. The molecule has 3 nitrogen and oxygen atoms in total. The van der Waals surface area contributed by atoms with Gasteiger partial charge in [-0.2, -0.15) is 0 Å². The van der Waals surface area contributed by atoms with Gasteiger partial charge in [0.2, 0.25) is 0 Å². The fourth-order valence-electron chi connectivity index (χ4n) is 3.46. The van der Waals surface area contributed by atoms with Crippen molar-refractivity contribution in [3.63, 3.8) is 0 Å². The Morgan fingerprint density at radius 1 is 1.00 bits per heavy atom. The lowest BCUT2D eigenvalue weighted by atomic mass is 10.0. The normalized spacial score (nSPS) is 17.3. The van der Waals surface area contributed by atoms with Crippen molar-refractivity contribution in [3.8, 4) is 0 Å². The lowest BCUT2D eigenvalue weighted by molar-refractivity contribution is 0.362. The molecule has 6 heteroatoms. The average Bonchev–Trinajstić information content (AvgIpc) is 3.11. The van der Waals surface area contributed by atoms with Gasteiger partial charge in [0.15, 0.2) is 0 Å². The van der Waals surface area contributed by atoms with Crippen molar-refractivity contribution >= 4 is 51.4 Å². The van der Waals surface area contributed by atoms with Crippen LogP contribution in [-0.2, 0) is 0 Å². The molecule has 2 aliphatic rings. The van der Waals surface area contributed by atoms with E-state index in [1.807, 2.05) is 42.5 Å². The van der Waals surface area contributed by atoms with E-state index in [-0.39, 0.29) is 0 Å². The van der Waals surface area contributed by atoms with Crippen LogP contribution in [0.5, 0.6) is 0 Å². The smallest absolute Gasteiger partial charge is 0.0954 e. The fraction of sp³-hybridized carbons (Fsp3) is 0.333. The molecular formula is C21H21Cl2N3S. The molecule has 2 aliphatic heterocycles. The zero-order chi connectivity index (χ0) is 18.6. The maximum absolute atomic E-state index is 6.45. The predicted octanol–water partition coefficient (Wildman–Crippen LogP) is 5.70. The minimum absolute atomic E-state index is 0.567. The summed E-state index contributed by atoms with van der Waals surface area (Å²) in [7, 11) is 0. The molecule has 140 valence electrons. The van der Waals surface area contributed by atoms with E-state index in [2.05, 4.69) is 4.90 Å². The van der Waals surface area contributed by atoms with Crippen molar-refractivity contribution in [2.45, 2.75) is 12.8 Å². The van der Waals surface area contributed by atoms with Crippen LogP contribution in [0.25, 0.3) is 0 Å². The highest BCUT2D eigenvalue weighted by atomic mass is 35.5. The number of hydrogen-bond acceptors (Lipinski definition) is 4. The third-order valence-electron chi connectivity index (χ3n) is 4.84. The Morgan fingerprint density at radius 2 is 1.81 bits per heavy atom. The van der Waals surface area contributed by atoms with Crippen LogP contribution in [-0.4, -0.2) is 47.6 Å². The van der Waals surface area contributed by atoms with E-state index in [1.165, 1.54) is 25.9 Å². The van der Waals surface area contributed by atoms with Crippen molar-refractivity contribution in [2.24, 2.45) is 9.98 Å². The van der Waals surface area contributed by atoms with Crippen LogP contribution in [0.15, 0.2) is 52.4 Å². The Hall–Kier alpha value is -1.33. The standard InChI is InChI=1S/C21H21Cl2N3S/c22-15-7-8-19-17(13-15)21(16-5-1-2-6-18(16)23)24-14-20(25-19)27-12-11-26-9-3-4-10-26/h1-2,5-8,13H,3-4,9-12,14H2. The Morgan fingerprint density at radius 3 is 2.63 bits per heavy atom. The topological polar surface area (TPSA) is 28.0 Å². The van der Waals surface area contributed by atoms with Crippen LogP contribution < -0.4 is 0 Å². The molecule has 0 aromatic heterocycles. The third kappa shape index (κ3) is 4.57. The van der Waals surface area contributed by atoms with Gasteiger partial charge in [-0.1, -0.05) is 41.4 Å². The van der Waals surface area contributed by atoms with Crippen molar-refractivity contribution in [1.29, 1.82) is 0 Å². The molecule has 0 unspecified atom stereocenters. The fourth-order valence-corrected chi connectivity index (χ4v) is 4.76. The number of halogens is 2. The number of nitrogens with zero attached hydrogens (tertiary/aromatic N) is 3. The molecule has 1 saturated heterocycles.